The number of fused-ring (bicyclic) bond motifs is 1. The summed E-state index contributed by atoms with van der Waals surface area (Å²) in [7, 11) is 0. The third kappa shape index (κ3) is 4.20. The van der Waals surface area contributed by atoms with E-state index in [1.165, 1.54) is 18.1 Å². The molecule has 3 aromatic rings. The van der Waals surface area contributed by atoms with Gasteiger partial charge in [0, 0.05) is 18.0 Å². The van der Waals surface area contributed by atoms with E-state index in [-0.39, 0.29) is 18.7 Å². The Morgan fingerprint density at radius 1 is 1.21 bits per heavy atom. The molecule has 4 rings (SSSR count). The van der Waals surface area contributed by atoms with E-state index in [1.807, 2.05) is 49.6 Å². The van der Waals surface area contributed by atoms with E-state index >= 15 is 0 Å². The summed E-state index contributed by atoms with van der Waals surface area (Å²) >= 11 is 1.51. The monoisotopic (exact) mass is 413 g/mol. The molecule has 0 spiro atoms. The van der Waals surface area contributed by atoms with Gasteiger partial charge in [0.2, 0.25) is 0 Å². The smallest absolute Gasteiger partial charge is 0.410 e. The first-order valence-electron chi connectivity index (χ1n) is 9.37. The van der Waals surface area contributed by atoms with Gasteiger partial charge in [-0.15, -0.1) is 0 Å². The topological polar surface area (TPSA) is 93.4 Å². The Kier molecular flexibility index (Phi) is 5.18. The fourth-order valence-electron chi connectivity index (χ4n) is 3.05. The summed E-state index contributed by atoms with van der Waals surface area (Å²) in [6.45, 7) is 6.73. The highest BCUT2D eigenvalue weighted by molar-refractivity contribution is 7.99. The van der Waals surface area contributed by atoms with Crippen molar-refractivity contribution in [1.82, 2.24) is 24.4 Å². The van der Waals surface area contributed by atoms with E-state index in [0.717, 1.165) is 26.6 Å². The van der Waals surface area contributed by atoms with Crippen LogP contribution in [0.25, 0.3) is 11.2 Å². The predicted molar refractivity (Wildman–Crippen MR) is 109 cm³/mol. The number of likely N-dealkylation sites (tertiary alicyclic amines) is 1. The lowest BCUT2D eigenvalue weighted by Gasteiger charge is -2.40. The molecule has 29 heavy (non-hydrogen) atoms. The number of carbonyl (C=O) groups excluding carboxylic acids is 1. The average Bonchev–Trinajstić information content (AvgIpc) is 3.05. The number of aliphatic hydroxyl groups is 1. The van der Waals surface area contributed by atoms with Crippen LogP contribution >= 0.6 is 11.8 Å². The number of aliphatic hydroxyl groups excluding tert-OH is 1. The highest BCUT2D eigenvalue weighted by Crippen LogP contribution is 2.32. The minimum atomic E-state index is -0.501. The van der Waals surface area contributed by atoms with Crippen molar-refractivity contribution in [2.75, 3.05) is 13.1 Å². The van der Waals surface area contributed by atoms with Gasteiger partial charge in [-0.05, 0) is 38.5 Å². The van der Waals surface area contributed by atoms with E-state index in [1.54, 1.807) is 11.2 Å². The summed E-state index contributed by atoms with van der Waals surface area (Å²) in [4.78, 5) is 28.2. The van der Waals surface area contributed by atoms with Crippen molar-refractivity contribution in [3.8, 4) is 0 Å². The van der Waals surface area contributed by atoms with Gasteiger partial charge in [0.15, 0.2) is 5.65 Å². The molecule has 0 aliphatic carbocycles. The van der Waals surface area contributed by atoms with Crippen molar-refractivity contribution in [3.05, 3.63) is 42.5 Å². The largest absolute Gasteiger partial charge is 0.444 e. The Morgan fingerprint density at radius 3 is 2.59 bits per heavy atom. The van der Waals surface area contributed by atoms with Gasteiger partial charge in [-0.1, -0.05) is 23.9 Å². The Labute approximate surface area is 172 Å². The van der Waals surface area contributed by atoms with Crippen LogP contribution in [0.4, 0.5) is 4.79 Å². The molecule has 2 aromatic heterocycles. The zero-order valence-corrected chi connectivity index (χ0v) is 17.4. The number of benzene rings is 1. The number of hydrogen-bond donors (Lipinski definition) is 1. The van der Waals surface area contributed by atoms with Gasteiger partial charge in [-0.2, -0.15) is 0 Å². The lowest BCUT2D eigenvalue weighted by molar-refractivity contribution is 0.00145. The molecule has 0 unspecified atom stereocenters. The standard InChI is InChI=1S/C20H23N5O3S/c1-20(2,3)28-19(27)24-8-14(9-24)25-12-23-16-17(25)21-11-22-18(16)29-15-6-4-13(10-26)5-7-15/h4-7,11-12,14,26H,8-10H2,1-3H3. The summed E-state index contributed by atoms with van der Waals surface area (Å²) < 4.78 is 7.41. The molecule has 1 saturated heterocycles. The number of amides is 1. The molecule has 0 bridgehead atoms. The first-order chi connectivity index (χ1) is 13.8. The second-order valence-corrected chi connectivity index (χ2v) is 9.01. The molecule has 1 amide bonds. The van der Waals surface area contributed by atoms with Crippen LogP contribution in [0.3, 0.4) is 0 Å². The summed E-state index contributed by atoms with van der Waals surface area (Å²) in [5.41, 5.74) is 1.85. The minimum absolute atomic E-state index is 0.0226. The number of ether oxygens (including phenoxy) is 1. The first-order valence-corrected chi connectivity index (χ1v) is 10.2. The van der Waals surface area contributed by atoms with E-state index in [9.17, 15) is 9.90 Å². The van der Waals surface area contributed by atoms with Crippen molar-refractivity contribution in [2.24, 2.45) is 0 Å². The Bertz CT molecular complexity index is 1020. The van der Waals surface area contributed by atoms with E-state index < -0.39 is 5.60 Å². The molecule has 3 heterocycles. The van der Waals surface area contributed by atoms with Gasteiger partial charge in [0.05, 0.1) is 19.0 Å². The van der Waals surface area contributed by atoms with Crippen LogP contribution in [0.5, 0.6) is 0 Å². The molecule has 1 aliphatic rings. The number of imidazole rings is 1. The fraction of sp³-hybridized carbons (Fsp3) is 0.400. The second-order valence-electron chi connectivity index (χ2n) is 7.95. The van der Waals surface area contributed by atoms with Crippen LogP contribution < -0.4 is 0 Å². The maximum atomic E-state index is 12.2. The number of rotatable bonds is 4. The van der Waals surface area contributed by atoms with E-state index in [2.05, 4.69) is 15.0 Å². The first kappa shape index (κ1) is 19.7. The van der Waals surface area contributed by atoms with Crippen molar-refractivity contribution >= 4 is 29.0 Å². The Balaban J connectivity index is 1.49. The highest BCUT2D eigenvalue weighted by atomic mass is 32.2. The predicted octanol–water partition coefficient (Wildman–Crippen LogP) is 3.26. The highest BCUT2D eigenvalue weighted by Gasteiger charge is 2.35. The molecule has 9 heteroatoms. The minimum Gasteiger partial charge on any atom is -0.444 e. The molecule has 0 saturated carbocycles. The van der Waals surface area contributed by atoms with Gasteiger partial charge in [-0.3, -0.25) is 0 Å². The van der Waals surface area contributed by atoms with Crippen LogP contribution in [0.15, 0.2) is 46.8 Å². The van der Waals surface area contributed by atoms with Crippen LogP contribution in [-0.4, -0.2) is 54.3 Å². The SMILES string of the molecule is CC(C)(C)OC(=O)N1CC(n2cnc3c(Sc4ccc(CO)cc4)ncnc32)C1. The molecule has 1 N–H and O–H groups in total. The third-order valence-electron chi connectivity index (χ3n) is 4.55. The van der Waals surface area contributed by atoms with Crippen LogP contribution in [-0.2, 0) is 11.3 Å². The maximum absolute atomic E-state index is 12.2. The second kappa shape index (κ2) is 7.64. The van der Waals surface area contributed by atoms with Crippen LogP contribution in [0, 0.1) is 0 Å². The quantitative estimate of drug-likeness (QED) is 0.656. The molecule has 0 atom stereocenters. The third-order valence-corrected chi connectivity index (χ3v) is 5.55. The summed E-state index contributed by atoms with van der Waals surface area (Å²) in [6, 6.07) is 7.79. The summed E-state index contributed by atoms with van der Waals surface area (Å²) in [5, 5.41) is 9.95. The van der Waals surface area contributed by atoms with E-state index in [0.29, 0.717) is 13.1 Å². The van der Waals surface area contributed by atoms with Gasteiger partial charge in [0.25, 0.3) is 0 Å². The van der Waals surface area contributed by atoms with Crippen LogP contribution in [0.1, 0.15) is 32.4 Å². The van der Waals surface area contributed by atoms with Gasteiger partial charge in [0.1, 0.15) is 22.5 Å². The molecule has 1 fully saturated rings. The van der Waals surface area contributed by atoms with Crippen LogP contribution in [0.2, 0.25) is 0 Å². The Morgan fingerprint density at radius 2 is 1.93 bits per heavy atom. The maximum Gasteiger partial charge on any atom is 0.410 e. The Hall–Kier alpha value is -2.65. The molecule has 1 aliphatic heterocycles. The van der Waals surface area contributed by atoms with Gasteiger partial charge in [-0.25, -0.2) is 19.7 Å². The van der Waals surface area contributed by atoms with Crippen molar-refractivity contribution < 1.29 is 14.6 Å². The summed E-state index contributed by atoms with van der Waals surface area (Å²) in [5.74, 6) is 0. The van der Waals surface area contributed by atoms with Gasteiger partial charge >= 0.3 is 6.09 Å². The molecule has 152 valence electrons. The number of aromatic nitrogens is 4. The van der Waals surface area contributed by atoms with Gasteiger partial charge < -0.3 is 19.3 Å². The zero-order valence-electron chi connectivity index (χ0n) is 16.6. The van der Waals surface area contributed by atoms with Crippen molar-refractivity contribution in [2.45, 2.75) is 48.9 Å². The average molecular weight is 414 g/mol. The fourth-order valence-corrected chi connectivity index (χ4v) is 3.89. The molecule has 1 aromatic carbocycles. The molecule has 0 radical (unpaired) electrons. The number of carbonyl (C=O) groups is 1. The number of hydrogen-bond acceptors (Lipinski definition) is 7. The van der Waals surface area contributed by atoms with Crippen molar-refractivity contribution in [1.29, 1.82) is 0 Å². The lowest BCUT2D eigenvalue weighted by Crippen LogP contribution is -2.52. The zero-order chi connectivity index (χ0) is 20.6. The summed E-state index contributed by atoms with van der Waals surface area (Å²) in [6.07, 6.45) is 3.00. The normalized spacial score (nSPS) is 14.8. The molecule has 8 nitrogen and oxygen atoms in total. The molecular weight excluding hydrogens is 390 g/mol. The van der Waals surface area contributed by atoms with Crippen molar-refractivity contribution in [3.63, 3.8) is 0 Å². The molecular formula is C20H23N5O3S. The number of nitrogens with zero attached hydrogens (tertiary/aromatic N) is 5. The van der Waals surface area contributed by atoms with E-state index in [4.69, 9.17) is 4.74 Å². The lowest BCUT2D eigenvalue weighted by atomic mass is 10.1.